The highest BCUT2D eigenvalue weighted by Gasteiger charge is 2.10. The van der Waals surface area contributed by atoms with Crippen LogP contribution in [-0.2, 0) is 11.3 Å². The summed E-state index contributed by atoms with van der Waals surface area (Å²) in [4.78, 5) is 11.9. The summed E-state index contributed by atoms with van der Waals surface area (Å²) in [5.74, 6) is 0.102. The maximum atomic E-state index is 11.9. The second-order valence-electron chi connectivity index (χ2n) is 4.10. The number of nitriles is 1. The lowest BCUT2D eigenvalue weighted by atomic mass is 10.1. The number of carbonyl (C=O) groups excluding carboxylic acids is 1. The molecule has 106 valence electrons. The third-order valence-electron chi connectivity index (χ3n) is 2.63. The minimum absolute atomic E-state index is 0.0502. The average molecular weight is 321 g/mol. The highest BCUT2D eigenvalue weighted by Crippen LogP contribution is 2.23. The number of amides is 1. The molecule has 0 aliphatic carbocycles. The second-order valence-corrected chi connectivity index (χ2v) is 4.94. The molecule has 6 heteroatoms. The van der Waals surface area contributed by atoms with Gasteiger partial charge in [0, 0.05) is 10.0 Å². The molecule has 1 aromatic heterocycles. The van der Waals surface area contributed by atoms with Crippen molar-refractivity contribution in [2.24, 2.45) is 0 Å². The molecule has 0 saturated heterocycles. The molecular formula is C15H10Cl2N2O2. The number of carbonyl (C=O) groups is 1. The van der Waals surface area contributed by atoms with E-state index in [0.29, 0.717) is 21.4 Å². The van der Waals surface area contributed by atoms with Gasteiger partial charge in [0.05, 0.1) is 12.8 Å². The molecular weight excluding hydrogens is 311 g/mol. The van der Waals surface area contributed by atoms with Crippen molar-refractivity contribution in [3.8, 4) is 6.07 Å². The van der Waals surface area contributed by atoms with Crippen LogP contribution in [0.4, 0.5) is 0 Å². The summed E-state index contributed by atoms with van der Waals surface area (Å²) in [6.07, 6.45) is 2.92. The molecule has 0 saturated carbocycles. The standard InChI is InChI=1S/C15H10Cl2N2O2/c16-12-4-3-10(14(17)7-12)6-11(8-18)15(20)19-9-13-2-1-5-21-13/h1-7H,9H2,(H,19,20)/b11-6+. The van der Waals surface area contributed by atoms with Crippen molar-refractivity contribution in [1.82, 2.24) is 5.32 Å². The molecule has 1 heterocycles. The summed E-state index contributed by atoms with van der Waals surface area (Å²) < 4.78 is 5.09. The summed E-state index contributed by atoms with van der Waals surface area (Å²) in [5, 5.41) is 12.5. The third-order valence-corrected chi connectivity index (χ3v) is 3.19. The summed E-state index contributed by atoms with van der Waals surface area (Å²) in [7, 11) is 0. The predicted molar refractivity (Wildman–Crippen MR) is 80.6 cm³/mol. The summed E-state index contributed by atoms with van der Waals surface area (Å²) in [5.41, 5.74) is 0.497. The predicted octanol–water partition coefficient (Wildman–Crippen LogP) is 3.81. The average Bonchev–Trinajstić information content (AvgIpc) is 2.97. The molecule has 0 fully saturated rings. The minimum Gasteiger partial charge on any atom is -0.467 e. The first-order valence-electron chi connectivity index (χ1n) is 5.97. The Hall–Kier alpha value is -2.22. The first-order chi connectivity index (χ1) is 10.1. The van der Waals surface area contributed by atoms with E-state index >= 15 is 0 Å². The SMILES string of the molecule is N#C/C(=C\c1ccc(Cl)cc1Cl)C(=O)NCc1ccco1. The number of nitrogens with one attached hydrogen (secondary N) is 1. The van der Waals surface area contributed by atoms with E-state index in [-0.39, 0.29) is 12.1 Å². The summed E-state index contributed by atoms with van der Waals surface area (Å²) >= 11 is 11.8. The Kier molecular flexibility index (Phi) is 5.04. The van der Waals surface area contributed by atoms with Gasteiger partial charge in [0.2, 0.25) is 0 Å². The third kappa shape index (κ3) is 4.12. The molecule has 0 radical (unpaired) electrons. The van der Waals surface area contributed by atoms with Gasteiger partial charge in [-0.25, -0.2) is 0 Å². The topological polar surface area (TPSA) is 66.0 Å². The number of hydrogen-bond acceptors (Lipinski definition) is 3. The van der Waals surface area contributed by atoms with E-state index in [2.05, 4.69) is 5.32 Å². The van der Waals surface area contributed by atoms with E-state index in [1.165, 1.54) is 12.3 Å². The van der Waals surface area contributed by atoms with Gasteiger partial charge in [0.15, 0.2) is 0 Å². The van der Waals surface area contributed by atoms with Crippen molar-refractivity contribution in [3.05, 3.63) is 63.5 Å². The maximum Gasteiger partial charge on any atom is 0.262 e. The van der Waals surface area contributed by atoms with Crippen LogP contribution in [0.2, 0.25) is 10.0 Å². The van der Waals surface area contributed by atoms with E-state index in [1.54, 1.807) is 30.3 Å². The van der Waals surface area contributed by atoms with E-state index < -0.39 is 5.91 Å². The fourth-order valence-corrected chi connectivity index (χ4v) is 2.06. The van der Waals surface area contributed by atoms with Crippen LogP contribution in [0.5, 0.6) is 0 Å². The zero-order chi connectivity index (χ0) is 15.2. The number of hydrogen-bond donors (Lipinski definition) is 1. The lowest BCUT2D eigenvalue weighted by molar-refractivity contribution is -0.117. The van der Waals surface area contributed by atoms with Crippen LogP contribution in [0, 0.1) is 11.3 Å². The van der Waals surface area contributed by atoms with Gasteiger partial charge in [-0.05, 0) is 35.9 Å². The largest absolute Gasteiger partial charge is 0.467 e. The molecule has 0 bridgehead atoms. The zero-order valence-electron chi connectivity index (χ0n) is 10.8. The van der Waals surface area contributed by atoms with E-state index in [9.17, 15) is 4.79 Å². The van der Waals surface area contributed by atoms with Crippen molar-refractivity contribution in [1.29, 1.82) is 5.26 Å². The highest BCUT2D eigenvalue weighted by molar-refractivity contribution is 6.35. The molecule has 0 aliphatic heterocycles. The fraction of sp³-hybridized carbons (Fsp3) is 0.0667. The smallest absolute Gasteiger partial charge is 0.262 e. The minimum atomic E-state index is -0.500. The van der Waals surface area contributed by atoms with Crippen molar-refractivity contribution in [2.45, 2.75) is 6.54 Å². The van der Waals surface area contributed by atoms with Gasteiger partial charge in [0.1, 0.15) is 17.4 Å². The van der Waals surface area contributed by atoms with Gasteiger partial charge >= 0.3 is 0 Å². The lowest BCUT2D eigenvalue weighted by Gasteiger charge is -2.03. The summed E-state index contributed by atoms with van der Waals surface area (Å²) in [6.45, 7) is 0.208. The second kappa shape index (κ2) is 6.98. The Morgan fingerprint density at radius 1 is 1.38 bits per heavy atom. The van der Waals surface area contributed by atoms with Gasteiger partial charge in [-0.15, -0.1) is 0 Å². The Morgan fingerprint density at radius 3 is 2.81 bits per heavy atom. The van der Waals surface area contributed by atoms with Crippen LogP contribution in [0.3, 0.4) is 0 Å². The van der Waals surface area contributed by atoms with E-state index in [4.69, 9.17) is 32.9 Å². The molecule has 2 aromatic rings. The number of nitrogens with zero attached hydrogens (tertiary/aromatic N) is 1. The van der Waals surface area contributed by atoms with Crippen molar-refractivity contribution in [3.63, 3.8) is 0 Å². The number of furan rings is 1. The molecule has 0 atom stereocenters. The van der Waals surface area contributed by atoms with Gasteiger partial charge in [0.25, 0.3) is 5.91 Å². The summed E-state index contributed by atoms with van der Waals surface area (Å²) in [6, 6.07) is 10.1. The molecule has 0 aliphatic rings. The number of halogens is 2. The monoisotopic (exact) mass is 320 g/mol. The van der Waals surface area contributed by atoms with Crippen molar-refractivity contribution < 1.29 is 9.21 Å². The van der Waals surface area contributed by atoms with Gasteiger partial charge < -0.3 is 9.73 Å². The van der Waals surface area contributed by atoms with Crippen molar-refractivity contribution >= 4 is 35.2 Å². The van der Waals surface area contributed by atoms with Crippen LogP contribution in [0.1, 0.15) is 11.3 Å². The Balaban J connectivity index is 2.13. The number of benzene rings is 1. The van der Waals surface area contributed by atoms with Crippen LogP contribution in [0.25, 0.3) is 6.08 Å². The van der Waals surface area contributed by atoms with Crippen molar-refractivity contribution in [2.75, 3.05) is 0 Å². The van der Waals surface area contributed by atoms with E-state index in [0.717, 1.165) is 0 Å². The first kappa shape index (κ1) is 15.2. The number of rotatable bonds is 4. The fourth-order valence-electron chi connectivity index (χ4n) is 1.60. The Labute approximate surface area is 131 Å². The molecule has 4 nitrogen and oxygen atoms in total. The molecule has 1 amide bonds. The molecule has 0 unspecified atom stereocenters. The molecule has 21 heavy (non-hydrogen) atoms. The van der Waals surface area contributed by atoms with Crippen LogP contribution in [0.15, 0.2) is 46.6 Å². The van der Waals surface area contributed by atoms with Gasteiger partial charge in [-0.3, -0.25) is 4.79 Å². The van der Waals surface area contributed by atoms with E-state index in [1.807, 2.05) is 6.07 Å². The lowest BCUT2D eigenvalue weighted by Crippen LogP contribution is -2.23. The molecule has 1 N–H and O–H groups in total. The maximum absolute atomic E-state index is 11.9. The first-order valence-corrected chi connectivity index (χ1v) is 6.73. The van der Waals surface area contributed by atoms with Crippen LogP contribution >= 0.6 is 23.2 Å². The Morgan fingerprint density at radius 2 is 2.19 bits per heavy atom. The Bertz CT molecular complexity index is 716. The highest BCUT2D eigenvalue weighted by atomic mass is 35.5. The molecule has 1 aromatic carbocycles. The molecule has 2 rings (SSSR count). The van der Waals surface area contributed by atoms with Crippen LogP contribution < -0.4 is 5.32 Å². The zero-order valence-corrected chi connectivity index (χ0v) is 12.3. The van der Waals surface area contributed by atoms with Gasteiger partial charge in [-0.2, -0.15) is 5.26 Å². The van der Waals surface area contributed by atoms with Crippen LogP contribution in [-0.4, -0.2) is 5.91 Å². The van der Waals surface area contributed by atoms with Gasteiger partial charge in [-0.1, -0.05) is 29.3 Å². The molecule has 0 spiro atoms. The normalized spacial score (nSPS) is 11.0. The quantitative estimate of drug-likeness (QED) is 0.688.